The Hall–Kier alpha value is -2.39. The smallest absolute Gasteiger partial charge is 0.416 e. The molecular weight excluding hydrogens is 445 g/mol. The molecule has 9 heteroatoms. The van der Waals surface area contributed by atoms with E-state index >= 15 is 0 Å². The average molecular weight is 455 g/mol. The minimum absolute atomic E-state index is 0.0389. The van der Waals surface area contributed by atoms with Gasteiger partial charge in [-0.05, 0) is 58.4 Å². The van der Waals surface area contributed by atoms with E-state index in [-0.39, 0.29) is 18.2 Å². The maximum Gasteiger partial charge on any atom is 0.416 e. The van der Waals surface area contributed by atoms with Crippen molar-refractivity contribution in [3.63, 3.8) is 0 Å². The SMILES string of the molecule is FC(F)(F)c1ccc(OCc2nc(-c3ccc4scc(Br)c4c3)no2)cc1. The van der Waals surface area contributed by atoms with Crippen molar-refractivity contribution in [3.8, 4) is 17.1 Å². The van der Waals surface area contributed by atoms with Gasteiger partial charge in [0.25, 0.3) is 5.89 Å². The van der Waals surface area contributed by atoms with E-state index in [1.54, 1.807) is 11.3 Å². The van der Waals surface area contributed by atoms with Gasteiger partial charge in [0.05, 0.1) is 5.56 Å². The molecule has 2 aromatic carbocycles. The molecule has 4 rings (SSSR count). The molecule has 0 bridgehead atoms. The second-order valence-corrected chi connectivity index (χ2v) is 7.38. The van der Waals surface area contributed by atoms with E-state index in [0.717, 1.165) is 32.3 Å². The molecule has 0 radical (unpaired) electrons. The highest BCUT2D eigenvalue weighted by Gasteiger charge is 2.30. The zero-order chi connectivity index (χ0) is 19.0. The van der Waals surface area contributed by atoms with E-state index in [1.165, 1.54) is 12.1 Å². The van der Waals surface area contributed by atoms with Gasteiger partial charge in [0.15, 0.2) is 6.61 Å². The number of fused-ring (bicyclic) bond motifs is 1. The van der Waals surface area contributed by atoms with Crippen LogP contribution < -0.4 is 4.74 Å². The summed E-state index contributed by atoms with van der Waals surface area (Å²) in [5.41, 5.74) is 0.0658. The van der Waals surface area contributed by atoms with Gasteiger partial charge in [-0.1, -0.05) is 5.16 Å². The number of thiophene rings is 1. The summed E-state index contributed by atoms with van der Waals surface area (Å²) >= 11 is 5.13. The number of halogens is 4. The first-order valence-electron chi connectivity index (χ1n) is 7.70. The minimum atomic E-state index is -4.38. The number of nitrogens with zero attached hydrogens (tertiary/aromatic N) is 2. The lowest BCUT2D eigenvalue weighted by molar-refractivity contribution is -0.137. The molecule has 0 saturated carbocycles. The normalized spacial score (nSPS) is 11.9. The van der Waals surface area contributed by atoms with Crippen molar-refractivity contribution in [3.05, 3.63) is 63.8 Å². The summed E-state index contributed by atoms with van der Waals surface area (Å²) in [6.07, 6.45) is -4.38. The molecule has 27 heavy (non-hydrogen) atoms. The van der Waals surface area contributed by atoms with Crippen molar-refractivity contribution in [1.82, 2.24) is 10.1 Å². The number of hydrogen-bond acceptors (Lipinski definition) is 5. The van der Waals surface area contributed by atoms with E-state index in [9.17, 15) is 13.2 Å². The Labute approximate surface area is 163 Å². The Morgan fingerprint density at radius 2 is 1.89 bits per heavy atom. The van der Waals surface area contributed by atoms with Crippen molar-refractivity contribution >= 4 is 37.4 Å². The molecule has 2 aromatic heterocycles. The van der Waals surface area contributed by atoms with Crippen LogP contribution in [0.4, 0.5) is 13.2 Å². The summed E-state index contributed by atoms with van der Waals surface area (Å²) in [6, 6.07) is 10.3. The lowest BCUT2D eigenvalue weighted by Gasteiger charge is -2.07. The van der Waals surface area contributed by atoms with Gasteiger partial charge in [-0.15, -0.1) is 11.3 Å². The summed E-state index contributed by atoms with van der Waals surface area (Å²) in [6.45, 7) is -0.0389. The fourth-order valence-electron chi connectivity index (χ4n) is 2.45. The lowest BCUT2D eigenvalue weighted by atomic mass is 10.1. The molecule has 0 atom stereocenters. The van der Waals surface area contributed by atoms with Crippen molar-refractivity contribution < 1.29 is 22.4 Å². The molecule has 0 spiro atoms. The Morgan fingerprint density at radius 1 is 1.11 bits per heavy atom. The first-order valence-corrected chi connectivity index (χ1v) is 9.37. The lowest BCUT2D eigenvalue weighted by Crippen LogP contribution is -2.04. The Bertz CT molecular complexity index is 1090. The zero-order valence-electron chi connectivity index (χ0n) is 13.5. The van der Waals surface area contributed by atoms with Crippen LogP contribution >= 0.6 is 27.3 Å². The molecular formula is C18H10BrF3N2O2S. The molecule has 0 N–H and O–H groups in total. The summed E-state index contributed by atoms with van der Waals surface area (Å²) in [4.78, 5) is 4.28. The number of rotatable bonds is 4. The van der Waals surface area contributed by atoms with Crippen LogP contribution in [0, 0.1) is 0 Å². The van der Waals surface area contributed by atoms with Crippen LogP contribution in [0.3, 0.4) is 0 Å². The van der Waals surface area contributed by atoms with Gasteiger partial charge in [0.1, 0.15) is 5.75 Å². The third-order valence-corrected chi connectivity index (χ3v) is 5.72. The van der Waals surface area contributed by atoms with Crippen LogP contribution in [0.15, 0.2) is 56.8 Å². The fourth-order valence-corrected chi connectivity index (χ4v) is 3.99. The summed E-state index contributed by atoms with van der Waals surface area (Å²) in [5, 5.41) is 7.01. The van der Waals surface area contributed by atoms with Gasteiger partial charge < -0.3 is 9.26 Å². The molecule has 0 saturated heterocycles. The van der Waals surface area contributed by atoms with E-state index in [0.29, 0.717) is 5.82 Å². The molecule has 0 unspecified atom stereocenters. The van der Waals surface area contributed by atoms with Crippen molar-refractivity contribution in [2.45, 2.75) is 12.8 Å². The second-order valence-electron chi connectivity index (χ2n) is 5.62. The van der Waals surface area contributed by atoms with Gasteiger partial charge in [0, 0.05) is 25.5 Å². The van der Waals surface area contributed by atoms with E-state index in [4.69, 9.17) is 9.26 Å². The molecule has 4 nitrogen and oxygen atoms in total. The summed E-state index contributed by atoms with van der Waals surface area (Å²) in [7, 11) is 0. The topological polar surface area (TPSA) is 48.2 Å². The molecule has 138 valence electrons. The van der Waals surface area contributed by atoms with Gasteiger partial charge in [-0.25, -0.2) is 0 Å². The maximum absolute atomic E-state index is 12.6. The van der Waals surface area contributed by atoms with Crippen molar-refractivity contribution in [2.24, 2.45) is 0 Å². The van der Waals surface area contributed by atoms with Gasteiger partial charge in [0.2, 0.25) is 5.82 Å². The highest BCUT2D eigenvalue weighted by molar-refractivity contribution is 9.10. The molecule has 2 heterocycles. The number of benzene rings is 2. The third-order valence-electron chi connectivity index (χ3n) is 3.80. The van der Waals surface area contributed by atoms with Gasteiger partial charge >= 0.3 is 6.18 Å². The first kappa shape index (κ1) is 18.0. The predicted octanol–water partition coefficient (Wildman–Crippen LogP) is 6.31. The third kappa shape index (κ3) is 3.84. The van der Waals surface area contributed by atoms with Gasteiger partial charge in [-0.2, -0.15) is 18.2 Å². The van der Waals surface area contributed by atoms with Crippen LogP contribution in [-0.4, -0.2) is 10.1 Å². The summed E-state index contributed by atoms with van der Waals surface area (Å²) < 4.78 is 50.4. The molecule has 0 aliphatic carbocycles. The molecule has 4 aromatic rings. The number of ether oxygens (including phenoxy) is 1. The van der Waals surface area contributed by atoms with E-state index < -0.39 is 11.7 Å². The van der Waals surface area contributed by atoms with Crippen LogP contribution in [0.5, 0.6) is 5.75 Å². The van der Waals surface area contributed by atoms with Crippen LogP contribution in [-0.2, 0) is 12.8 Å². The number of hydrogen-bond donors (Lipinski definition) is 0. The summed E-state index contributed by atoms with van der Waals surface area (Å²) in [5.74, 6) is 0.932. The van der Waals surface area contributed by atoms with Gasteiger partial charge in [-0.3, -0.25) is 0 Å². The zero-order valence-corrected chi connectivity index (χ0v) is 15.9. The Morgan fingerprint density at radius 3 is 2.63 bits per heavy atom. The van der Waals surface area contributed by atoms with Crippen molar-refractivity contribution in [1.29, 1.82) is 0 Å². The highest BCUT2D eigenvalue weighted by atomic mass is 79.9. The standard InChI is InChI=1S/C18H10BrF3N2O2S/c19-14-9-27-15-6-1-10(7-13(14)15)17-23-16(26-24-17)8-25-12-4-2-11(3-5-12)18(20,21)22/h1-7,9H,8H2. The van der Waals surface area contributed by atoms with Crippen molar-refractivity contribution in [2.75, 3.05) is 0 Å². The minimum Gasteiger partial charge on any atom is -0.484 e. The molecule has 0 aliphatic heterocycles. The quantitative estimate of drug-likeness (QED) is 0.362. The van der Waals surface area contributed by atoms with Crippen LogP contribution in [0.2, 0.25) is 0 Å². The van der Waals surface area contributed by atoms with E-state index in [2.05, 4.69) is 26.1 Å². The number of alkyl halides is 3. The molecule has 0 aliphatic rings. The molecule has 0 fully saturated rings. The Balaban J connectivity index is 1.47. The van der Waals surface area contributed by atoms with Crippen LogP contribution in [0.25, 0.3) is 21.5 Å². The monoisotopic (exact) mass is 454 g/mol. The first-order chi connectivity index (χ1) is 12.9. The predicted molar refractivity (Wildman–Crippen MR) is 98.6 cm³/mol. The fraction of sp³-hybridized carbons (Fsp3) is 0.111. The van der Waals surface area contributed by atoms with Crippen LogP contribution in [0.1, 0.15) is 11.5 Å². The highest BCUT2D eigenvalue weighted by Crippen LogP contribution is 2.33. The largest absolute Gasteiger partial charge is 0.484 e. The second kappa shape index (κ2) is 6.97. The van der Waals surface area contributed by atoms with E-state index in [1.807, 2.05) is 23.6 Å². The Kier molecular flexibility index (Phi) is 4.65. The number of aromatic nitrogens is 2. The molecule has 0 amide bonds. The average Bonchev–Trinajstić information content (AvgIpc) is 3.26. The maximum atomic E-state index is 12.6.